The van der Waals surface area contributed by atoms with Crippen molar-refractivity contribution in [3.63, 3.8) is 0 Å². The Kier molecular flexibility index (Phi) is 5.22. The molecule has 0 aromatic rings. The molecule has 0 saturated heterocycles. The second-order valence-electron chi connectivity index (χ2n) is 10.6. The van der Waals surface area contributed by atoms with Crippen LogP contribution in [0.5, 0.6) is 0 Å². The van der Waals surface area contributed by atoms with Crippen LogP contribution in [0.1, 0.15) is 46.5 Å². The van der Waals surface area contributed by atoms with Crippen LogP contribution in [0.3, 0.4) is 0 Å². The van der Waals surface area contributed by atoms with E-state index in [0.29, 0.717) is 24.8 Å². The van der Waals surface area contributed by atoms with Crippen molar-refractivity contribution in [2.75, 3.05) is 12.9 Å². The summed E-state index contributed by atoms with van der Waals surface area (Å²) in [5.41, 5.74) is -5.67. The van der Waals surface area contributed by atoms with Crippen LogP contribution >= 0.6 is 0 Å². The number of fused-ring (bicyclic) bond motifs is 5. The van der Waals surface area contributed by atoms with Crippen LogP contribution in [-0.2, 0) is 23.9 Å². The first-order valence-corrected chi connectivity index (χ1v) is 12.8. The summed E-state index contributed by atoms with van der Waals surface area (Å²) in [5, 5.41) is 22.9. The van der Waals surface area contributed by atoms with Gasteiger partial charge >= 0.3 is 0 Å². The van der Waals surface area contributed by atoms with Crippen LogP contribution in [0.25, 0.3) is 0 Å². The van der Waals surface area contributed by atoms with Crippen LogP contribution in [-0.4, -0.2) is 60.4 Å². The number of carbonyl (C=O) groups is 2. The Morgan fingerprint density at radius 3 is 2.59 bits per heavy atom. The summed E-state index contributed by atoms with van der Waals surface area (Å²) < 4.78 is 44.5. The Hall–Kier alpha value is -1.42. The summed E-state index contributed by atoms with van der Waals surface area (Å²) in [6.45, 7) is 4.29. The molecule has 4 aliphatic carbocycles. The van der Waals surface area contributed by atoms with Crippen molar-refractivity contribution in [2.24, 2.45) is 28.6 Å². The van der Waals surface area contributed by atoms with Gasteiger partial charge in [-0.05, 0) is 56.6 Å². The van der Waals surface area contributed by atoms with Crippen LogP contribution in [0.2, 0.25) is 0 Å². The smallest absolute Gasteiger partial charge is 0.264 e. The van der Waals surface area contributed by atoms with Crippen LogP contribution in [0.4, 0.5) is 4.39 Å². The first-order chi connectivity index (χ1) is 14.6. The zero-order chi connectivity index (χ0) is 23.9. The molecule has 4 unspecified atom stereocenters. The quantitative estimate of drug-likeness (QED) is 0.602. The molecule has 0 aromatic carbocycles. The number of aliphatic hydroxyl groups is 2. The monoisotopic (exact) mass is 470 g/mol. The molecule has 9 heteroatoms. The highest BCUT2D eigenvalue weighted by molar-refractivity contribution is 7.86. The lowest BCUT2D eigenvalue weighted by molar-refractivity contribution is -0.219. The lowest BCUT2D eigenvalue weighted by Crippen LogP contribution is -2.69. The molecule has 0 bridgehead atoms. The minimum atomic E-state index is -3.89. The third-order valence-electron chi connectivity index (χ3n) is 9.05. The fourth-order valence-corrected chi connectivity index (χ4v) is 7.73. The molecule has 0 amide bonds. The van der Waals surface area contributed by atoms with Gasteiger partial charge in [0.05, 0.1) is 12.4 Å². The topological polar surface area (TPSA) is 118 Å². The van der Waals surface area contributed by atoms with Crippen molar-refractivity contribution < 1.29 is 36.8 Å². The summed E-state index contributed by atoms with van der Waals surface area (Å²) in [6, 6.07) is 0. The van der Waals surface area contributed by atoms with Crippen molar-refractivity contribution in [2.45, 2.75) is 63.8 Å². The van der Waals surface area contributed by atoms with Gasteiger partial charge in [0.1, 0.15) is 12.2 Å². The van der Waals surface area contributed by atoms with Crippen LogP contribution < -0.4 is 0 Å². The molecule has 3 saturated carbocycles. The summed E-state index contributed by atoms with van der Waals surface area (Å²) in [7, 11) is -3.89. The van der Waals surface area contributed by atoms with Gasteiger partial charge in [0.2, 0.25) is 0 Å². The second-order valence-corrected chi connectivity index (χ2v) is 12.2. The molecule has 3 fully saturated rings. The lowest BCUT2D eigenvalue weighted by atomic mass is 9.44. The van der Waals surface area contributed by atoms with E-state index in [1.807, 2.05) is 0 Å². The number of halogens is 1. The molecular weight excluding hydrogens is 439 g/mol. The highest BCUT2D eigenvalue weighted by atomic mass is 32.2. The average molecular weight is 471 g/mol. The molecule has 7 nitrogen and oxygen atoms in total. The largest absolute Gasteiger partial charge is 0.390 e. The van der Waals surface area contributed by atoms with Crippen molar-refractivity contribution in [3.8, 4) is 0 Å². The normalized spacial score (nSPS) is 48.0. The number of aliphatic hydroxyl groups excluding tert-OH is 1. The molecule has 4 aliphatic rings. The summed E-state index contributed by atoms with van der Waals surface area (Å²) in [5.74, 6) is -2.60. The first-order valence-electron chi connectivity index (χ1n) is 11.0. The van der Waals surface area contributed by atoms with Crippen molar-refractivity contribution in [1.82, 2.24) is 0 Å². The zero-order valence-corrected chi connectivity index (χ0v) is 19.6. The van der Waals surface area contributed by atoms with Crippen molar-refractivity contribution >= 4 is 21.7 Å². The predicted octanol–water partition coefficient (Wildman–Crippen LogP) is 1.88. The highest BCUT2D eigenvalue weighted by Crippen LogP contribution is 2.70. The van der Waals surface area contributed by atoms with Crippen molar-refractivity contribution in [3.05, 3.63) is 23.8 Å². The third kappa shape index (κ3) is 2.90. The molecule has 0 aromatic heterocycles. The Labute approximate surface area is 187 Å². The Morgan fingerprint density at radius 2 is 1.97 bits per heavy atom. The minimum absolute atomic E-state index is 0.166. The Bertz CT molecular complexity index is 1030. The number of allylic oxidation sites excluding steroid dienone is 4. The number of hydrogen-bond acceptors (Lipinski definition) is 7. The van der Waals surface area contributed by atoms with Gasteiger partial charge in [0.15, 0.2) is 17.2 Å². The van der Waals surface area contributed by atoms with Gasteiger partial charge in [-0.1, -0.05) is 25.5 Å². The van der Waals surface area contributed by atoms with Crippen molar-refractivity contribution in [1.29, 1.82) is 0 Å². The maximum absolute atomic E-state index is 17.0. The first kappa shape index (κ1) is 23.7. The lowest BCUT2D eigenvalue weighted by Gasteiger charge is -2.62. The zero-order valence-electron chi connectivity index (χ0n) is 18.8. The number of alkyl halides is 1. The van der Waals surface area contributed by atoms with E-state index in [4.69, 9.17) is 0 Å². The Morgan fingerprint density at radius 1 is 1.31 bits per heavy atom. The van der Waals surface area contributed by atoms with Gasteiger partial charge < -0.3 is 10.2 Å². The number of carbonyl (C=O) groups excluding carboxylic acids is 2. The number of ketones is 2. The van der Waals surface area contributed by atoms with Gasteiger partial charge in [-0.2, -0.15) is 8.42 Å². The predicted molar refractivity (Wildman–Crippen MR) is 114 cm³/mol. The van der Waals surface area contributed by atoms with Gasteiger partial charge in [-0.15, -0.1) is 0 Å². The fourth-order valence-electron chi connectivity index (χ4n) is 7.41. The van der Waals surface area contributed by atoms with Crippen LogP contribution in [0.15, 0.2) is 23.8 Å². The fraction of sp³-hybridized carbons (Fsp3) is 0.739. The average Bonchev–Trinajstić information content (AvgIpc) is 2.89. The number of Topliss-reactive ketones (excluding diaryl/α,β-unsaturated/α-hetero) is 1. The molecule has 0 radical (unpaired) electrons. The van der Waals surface area contributed by atoms with Gasteiger partial charge in [0, 0.05) is 16.7 Å². The van der Waals surface area contributed by atoms with E-state index in [-0.39, 0.29) is 12.2 Å². The minimum Gasteiger partial charge on any atom is -0.390 e. The van der Waals surface area contributed by atoms with E-state index in [2.05, 4.69) is 4.18 Å². The van der Waals surface area contributed by atoms with Gasteiger partial charge in [0.25, 0.3) is 10.1 Å². The molecular formula is C23H31FO7S. The summed E-state index contributed by atoms with van der Waals surface area (Å²) in [6.07, 6.45) is 4.75. The number of rotatable bonds is 4. The molecule has 178 valence electrons. The maximum Gasteiger partial charge on any atom is 0.264 e. The number of hydrogen-bond donors (Lipinski definition) is 2. The van der Waals surface area contributed by atoms with E-state index in [9.17, 15) is 28.2 Å². The molecule has 0 aliphatic heterocycles. The molecule has 2 N–H and O–H groups in total. The molecule has 0 heterocycles. The molecule has 8 atom stereocenters. The summed E-state index contributed by atoms with van der Waals surface area (Å²) >= 11 is 0. The Balaban J connectivity index is 1.75. The standard InChI is InChI=1S/C23H31FO7S/c1-13-9-17-16-6-5-14-10-15(25)7-8-20(14,2)22(16,24)18(26)11-21(17,3)23(13,28)19(27)12-31-32(4,29)30/h7-8,10,13,16-18,26,28H,5-6,9,11-12H2,1-4H3/t13-,16?,17?,18-,20?,21?,22-,23-/m0/s1. The summed E-state index contributed by atoms with van der Waals surface area (Å²) in [4.78, 5) is 25.0. The van der Waals surface area contributed by atoms with Gasteiger partial charge in [-0.25, -0.2) is 4.39 Å². The third-order valence-corrected chi connectivity index (χ3v) is 9.60. The molecule has 32 heavy (non-hydrogen) atoms. The van der Waals surface area contributed by atoms with E-state index in [1.165, 1.54) is 12.2 Å². The molecule has 4 rings (SSSR count). The van der Waals surface area contributed by atoms with Crippen LogP contribution in [0, 0.1) is 28.6 Å². The SMILES string of the molecule is C[C@H]1CC2C3CCC4=CC(=O)C=CC4(C)[C@@]3(F)[C@@H](O)CC2(C)[C@@]1(O)C(=O)COS(C)(=O)=O. The van der Waals surface area contributed by atoms with E-state index in [1.54, 1.807) is 26.8 Å². The second kappa shape index (κ2) is 7.04. The maximum atomic E-state index is 17.0. The van der Waals surface area contributed by atoms with E-state index in [0.717, 1.165) is 6.26 Å². The van der Waals surface area contributed by atoms with E-state index < -0.39 is 68.5 Å². The molecule has 0 spiro atoms. The van der Waals surface area contributed by atoms with E-state index >= 15 is 4.39 Å². The highest BCUT2D eigenvalue weighted by Gasteiger charge is 2.75. The van der Waals surface area contributed by atoms with Gasteiger partial charge in [-0.3, -0.25) is 13.8 Å².